The largest absolute Gasteiger partial charge is 0.450 e. The van der Waals surface area contributed by atoms with Crippen LogP contribution in [0, 0.1) is 25.5 Å². The number of ether oxygens (including phenoxy) is 1. The van der Waals surface area contributed by atoms with Crippen LogP contribution in [0.15, 0.2) is 42.6 Å². The zero-order valence-electron chi connectivity index (χ0n) is 16.0. The molecule has 6 heteroatoms. The number of hydrogen-bond acceptors (Lipinski definition) is 3. The molecule has 0 saturated carbocycles. The smallest absolute Gasteiger partial charge is 0.411 e. The second-order valence-electron chi connectivity index (χ2n) is 6.11. The van der Waals surface area contributed by atoms with E-state index in [9.17, 15) is 9.18 Å². The Balaban J connectivity index is 2.39. The van der Waals surface area contributed by atoms with Crippen LogP contribution in [0.2, 0.25) is 0 Å². The summed E-state index contributed by atoms with van der Waals surface area (Å²) in [5, 5.41) is 2.59. The molecule has 0 radical (unpaired) electrons. The number of anilines is 2. The van der Waals surface area contributed by atoms with Gasteiger partial charge in [-0.05, 0) is 57.0 Å². The minimum absolute atomic E-state index is 0.233. The van der Waals surface area contributed by atoms with Crippen molar-refractivity contribution >= 4 is 17.5 Å². The van der Waals surface area contributed by atoms with Crippen molar-refractivity contribution in [2.24, 2.45) is 0 Å². The minimum Gasteiger partial charge on any atom is -0.450 e. The van der Waals surface area contributed by atoms with Gasteiger partial charge in [-0.3, -0.25) is 5.32 Å². The maximum atomic E-state index is 15.1. The summed E-state index contributed by atoms with van der Waals surface area (Å²) in [5.41, 5.74) is 2.66. The number of rotatable bonds is 6. The lowest BCUT2D eigenvalue weighted by molar-refractivity contribution is 0.168. The van der Waals surface area contributed by atoms with Crippen LogP contribution in [0.25, 0.3) is 0 Å². The number of carbonyl (C=O) groups excluding carboxylic acids is 1. The van der Waals surface area contributed by atoms with Gasteiger partial charge in [-0.2, -0.15) is 0 Å². The Labute approximate surface area is 158 Å². The summed E-state index contributed by atoms with van der Waals surface area (Å²) in [5.74, 6) is -0.754. The number of hydrogen-bond donors (Lipinski definition) is 1. The van der Waals surface area contributed by atoms with Crippen molar-refractivity contribution in [1.29, 1.82) is 0 Å². The van der Waals surface area contributed by atoms with Crippen molar-refractivity contribution in [3.8, 4) is 0 Å². The number of carbonyl (C=O) groups is 1. The molecule has 4 nitrogen and oxygen atoms in total. The molecule has 0 heterocycles. The second-order valence-corrected chi connectivity index (χ2v) is 6.11. The first-order valence-corrected chi connectivity index (χ1v) is 8.74. The first-order chi connectivity index (χ1) is 12.9. The highest BCUT2D eigenvalue weighted by Crippen LogP contribution is 2.32. The van der Waals surface area contributed by atoms with Gasteiger partial charge >= 0.3 is 6.09 Å². The van der Waals surface area contributed by atoms with Crippen molar-refractivity contribution in [2.45, 2.75) is 34.2 Å². The molecule has 2 rings (SSSR count). The predicted molar refractivity (Wildman–Crippen MR) is 104 cm³/mol. The molecule has 0 spiro atoms. The van der Waals surface area contributed by atoms with Crippen molar-refractivity contribution in [1.82, 2.24) is 0 Å². The fourth-order valence-corrected chi connectivity index (χ4v) is 2.79. The fourth-order valence-electron chi connectivity index (χ4n) is 2.79. The van der Waals surface area contributed by atoms with Crippen molar-refractivity contribution in [3.63, 3.8) is 0 Å². The van der Waals surface area contributed by atoms with Crippen LogP contribution in [-0.2, 0) is 11.3 Å². The van der Waals surface area contributed by atoms with Gasteiger partial charge in [0.1, 0.15) is 5.82 Å². The van der Waals surface area contributed by atoms with Gasteiger partial charge in [0.15, 0.2) is 5.82 Å². The molecule has 0 atom stereocenters. The number of nitrogens with one attached hydrogen (secondary N) is 1. The quantitative estimate of drug-likeness (QED) is 0.706. The minimum atomic E-state index is -0.618. The monoisotopic (exact) mass is 374 g/mol. The first kappa shape index (κ1) is 20.4. The number of halogens is 2. The van der Waals surface area contributed by atoms with Gasteiger partial charge in [-0.25, -0.2) is 13.6 Å². The molecule has 2 aromatic carbocycles. The van der Waals surface area contributed by atoms with Gasteiger partial charge < -0.3 is 9.64 Å². The molecule has 0 bridgehead atoms. The summed E-state index contributed by atoms with van der Waals surface area (Å²) in [7, 11) is 0. The fraction of sp³-hybridized carbons (Fsp3) is 0.286. The molecule has 2 aromatic rings. The van der Waals surface area contributed by atoms with E-state index in [0.717, 1.165) is 5.56 Å². The lowest BCUT2D eigenvalue weighted by Gasteiger charge is -2.24. The van der Waals surface area contributed by atoms with Gasteiger partial charge in [0, 0.05) is 18.3 Å². The molecule has 0 unspecified atom stereocenters. The maximum absolute atomic E-state index is 15.1. The van der Waals surface area contributed by atoms with Crippen molar-refractivity contribution in [3.05, 3.63) is 70.9 Å². The van der Waals surface area contributed by atoms with Gasteiger partial charge in [0.05, 0.1) is 18.0 Å². The lowest BCUT2D eigenvalue weighted by Crippen LogP contribution is -2.19. The third-order valence-corrected chi connectivity index (χ3v) is 4.08. The van der Waals surface area contributed by atoms with E-state index >= 15 is 4.39 Å². The normalized spacial score (nSPS) is 10.9. The highest BCUT2D eigenvalue weighted by molar-refractivity contribution is 5.87. The molecule has 0 aliphatic heterocycles. The Hall–Kier alpha value is -2.89. The standard InChI is InChI=1S/C21H24F2N2O2/c1-5-11-25(13-16-7-9-17(22)10-8-16)18-12-14(3)20(15(4)19(18)23)24-21(26)27-6-2/h5,7-12H,6,13H2,1-4H3,(H,24,26)/b11-5+. The Morgan fingerprint density at radius 2 is 1.89 bits per heavy atom. The number of nitrogens with zero attached hydrogens (tertiary/aromatic N) is 1. The Bertz CT molecular complexity index is 833. The average Bonchev–Trinajstić information content (AvgIpc) is 2.63. The van der Waals surface area contributed by atoms with Crippen LogP contribution in [0.3, 0.4) is 0 Å². The molecule has 27 heavy (non-hydrogen) atoms. The average molecular weight is 374 g/mol. The third kappa shape index (κ3) is 5.06. The van der Waals surface area contributed by atoms with Crippen LogP contribution in [0.5, 0.6) is 0 Å². The molecular formula is C21H24F2N2O2. The Kier molecular flexibility index (Phi) is 6.93. The Morgan fingerprint density at radius 3 is 2.48 bits per heavy atom. The van der Waals surface area contributed by atoms with E-state index in [1.807, 2.05) is 6.92 Å². The van der Waals surface area contributed by atoms with E-state index in [0.29, 0.717) is 29.0 Å². The maximum Gasteiger partial charge on any atom is 0.411 e. The van der Waals surface area contributed by atoms with Crippen LogP contribution in [-0.4, -0.2) is 12.7 Å². The summed E-state index contributed by atoms with van der Waals surface area (Å²) in [4.78, 5) is 13.5. The summed E-state index contributed by atoms with van der Waals surface area (Å²) in [6.45, 7) is 7.56. The van der Waals surface area contributed by atoms with Gasteiger partial charge in [-0.1, -0.05) is 18.2 Å². The van der Waals surface area contributed by atoms with Crippen LogP contribution in [0.4, 0.5) is 25.0 Å². The molecule has 0 aromatic heterocycles. The number of aryl methyl sites for hydroxylation is 1. The summed E-state index contributed by atoms with van der Waals surface area (Å²) >= 11 is 0. The molecule has 0 aliphatic rings. The number of allylic oxidation sites excluding steroid dienone is 1. The number of amides is 1. The Morgan fingerprint density at radius 1 is 1.22 bits per heavy atom. The molecule has 1 N–H and O–H groups in total. The molecule has 144 valence electrons. The first-order valence-electron chi connectivity index (χ1n) is 8.74. The predicted octanol–water partition coefficient (Wildman–Crippen LogP) is 5.69. The van der Waals surface area contributed by atoms with E-state index in [1.165, 1.54) is 12.1 Å². The third-order valence-electron chi connectivity index (χ3n) is 4.08. The lowest BCUT2D eigenvalue weighted by atomic mass is 10.1. The van der Waals surface area contributed by atoms with Gasteiger partial charge in [-0.15, -0.1) is 0 Å². The molecular weight excluding hydrogens is 350 g/mol. The van der Waals surface area contributed by atoms with Crippen LogP contribution >= 0.6 is 0 Å². The highest BCUT2D eigenvalue weighted by atomic mass is 19.1. The van der Waals surface area contributed by atoms with Crippen molar-refractivity contribution in [2.75, 3.05) is 16.8 Å². The van der Waals surface area contributed by atoms with Gasteiger partial charge in [0.25, 0.3) is 0 Å². The van der Waals surface area contributed by atoms with Crippen molar-refractivity contribution < 1.29 is 18.3 Å². The molecule has 0 aliphatic carbocycles. The summed E-state index contributed by atoms with van der Waals surface area (Å²) in [6.07, 6.45) is 2.95. The van der Waals surface area contributed by atoms with Crippen LogP contribution < -0.4 is 10.2 Å². The summed E-state index contributed by atoms with van der Waals surface area (Å²) in [6, 6.07) is 7.76. The SMILES string of the molecule is C/C=C/N(Cc1ccc(F)cc1)c1cc(C)c(NC(=O)OCC)c(C)c1F. The highest BCUT2D eigenvalue weighted by Gasteiger charge is 2.19. The molecule has 1 amide bonds. The zero-order chi connectivity index (χ0) is 20.0. The van der Waals surface area contributed by atoms with E-state index < -0.39 is 11.9 Å². The molecule has 0 saturated heterocycles. The zero-order valence-corrected chi connectivity index (χ0v) is 16.0. The topological polar surface area (TPSA) is 41.6 Å². The van der Waals surface area contributed by atoms with E-state index in [-0.39, 0.29) is 12.4 Å². The van der Waals surface area contributed by atoms with E-state index in [4.69, 9.17) is 4.74 Å². The van der Waals surface area contributed by atoms with E-state index in [1.54, 1.807) is 56.1 Å². The van der Waals surface area contributed by atoms with Gasteiger partial charge in [0.2, 0.25) is 0 Å². The second kappa shape index (κ2) is 9.16. The molecule has 0 fully saturated rings. The summed E-state index contributed by atoms with van der Waals surface area (Å²) < 4.78 is 33.1. The van der Waals surface area contributed by atoms with Crippen LogP contribution in [0.1, 0.15) is 30.5 Å². The number of benzene rings is 2. The van der Waals surface area contributed by atoms with E-state index in [2.05, 4.69) is 5.32 Å².